The Hall–Kier alpha value is -0.0400. The summed E-state index contributed by atoms with van der Waals surface area (Å²) in [6, 6.07) is 0.697. The molecule has 0 aromatic rings. The molecule has 1 N–H and O–H groups in total. The summed E-state index contributed by atoms with van der Waals surface area (Å²) < 4.78 is 0. The van der Waals surface area contributed by atoms with Crippen molar-refractivity contribution in [3.8, 4) is 0 Å². The van der Waals surface area contributed by atoms with Crippen LogP contribution in [0.25, 0.3) is 0 Å². The van der Waals surface area contributed by atoms with E-state index in [2.05, 4.69) is 46.9 Å². The van der Waals surface area contributed by atoms with Gasteiger partial charge in [0.1, 0.15) is 0 Å². The Morgan fingerprint density at radius 1 is 0.947 bits per heavy atom. The summed E-state index contributed by atoms with van der Waals surface area (Å²) in [6.45, 7) is 15.5. The summed E-state index contributed by atoms with van der Waals surface area (Å²) in [4.78, 5) is 0. The van der Waals surface area contributed by atoms with Crippen LogP contribution in [0.4, 0.5) is 0 Å². The Morgan fingerprint density at radius 2 is 1.53 bits per heavy atom. The Morgan fingerprint density at radius 3 is 2.00 bits per heavy atom. The fraction of sp³-hybridized carbons (Fsp3) is 1.00. The van der Waals surface area contributed by atoms with Gasteiger partial charge in [0.15, 0.2) is 0 Å². The van der Waals surface area contributed by atoms with E-state index in [9.17, 15) is 0 Å². The first kappa shape index (κ1) is 17.0. The van der Waals surface area contributed by atoms with E-state index in [1.54, 1.807) is 0 Å². The highest BCUT2D eigenvalue weighted by Crippen LogP contribution is 2.39. The van der Waals surface area contributed by atoms with Crippen LogP contribution in [0.3, 0.4) is 0 Å². The summed E-state index contributed by atoms with van der Waals surface area (Å²) in [7, 11) is 0. The minimum Gasteiger partial charge on any atom is -0.314 e. The zero-order valence-corrected chi connectivity index (χ0v) is 14.3. The third-order valence-corrected chi connectivity index (χ3v) is 5.00. The minimum atomic E-state index is 0.517. The lowest BCUT2D eigenvalue weighted by molar-refractivity contribution is 0.147. The van der Waals surface area contributed by atoms with Gasteiger partial charge in [-0.25, -0.2) is 0 Å². The third kappa shape index (κ3) is 6.79. The second-order valence-electron chi connectivity index (χ2n) is 8.36. The van der Waals surface area contributed by atoms with Crippen LogP contribution in [-0.4, -0.2) is 12.6 Å². The Kier molecular flexibility index (Phi) is 6.86. The van der Waals surface area contributed by atoms with Crippen molar-refractivity contribution >= 4 is 0 Å². The summed E-state index contributed by atoms with van der Waals surface area (Å²) in [6.07, 6.45) is 8.43. The van der Waals surface area contributed by atoms with Gasteiger partial charge >= 0.3 is 0 Å². The monoisotopic (exact) mass is 267 g/mol. The molecule has 0 spiro atoms. The van der Waals surface area contributed by atoms with Crippen LogP contribution in [0.1, 0.15) is 80.1 Å². The van der Waals surface area contributed by atoms with Crippen molar-refractivity contribution in [1.29, 1.82) is 0 Å². The van der Waals surface area contributed by atoms with E-state index < -0.39 is 0 Å². The average molecular weight is 268 g/mol. The van der Waals surface area contributed by atoms with Gasteiger partial charge in [-0.15, -0.1) is 0 Å². The first-order valence-electron chi connectivity index (χ1n) is 8.52. The lowest BCUT2D eigenvalue weighted by atomic mass is 9.70. The molecular weight excluding hydrogens is 230 g/mol. The molecule has 1 aliphatic carbocycles. The molecule has 0 heterocycles. The molecule has 0 amide bonds. The fourth-order valence-electron chi connectivity index (χ4n) is 3.29. The molecule has 0 aromatic carbocycles. The van der Waals surface area contributed by atoms with Gasteiger partial charge in [0.05, 0.1) is 0 Å². The summed E-state index contributed by atoms with van der Waals surface area (Å²) in [5.41, 5.74) is 0.517. The topological polar surface area (TPSA) is 12.0 Å². The van der Waals surface area contributed by atoms with Gasteiger partial charge in [-0.3, -0.25) is 0 Å². The van der Waals surface area contributed by atoms with E-state index in [-0.39, 0.29) is 0 Å². The highest BCUT2D eigenvalue weighted by molar-refractivity contribution is 4.81. The quantitative estimate of drug-likeness (QED) is 0.693. The summed E-state index contributed by atoms with van der Waals surface area (Å²) in [5, 5.41) is 3.76. The maximum Gasteiger partial charge on any atom is 0.00389 e. The maximum atomic E-state index is 3.76. The molecule has 114 valence electrons. The van der Waals surface area contributed by atoms with Crippen molar-refractivity contribution in [3.63, 3.8) is 0 Å². The second-order valence-corrected chi connectivity index (χ2v) is 8.36. The Bertz CT molecular complexity index is 231. The van der Waals surface area contributed by atoms with Crippen molar-refractivity contribution in [2.24, 2.45) is 23.2 Å². The molecule has 0 bridgehead atoms. The number of hydrogen-bond acceptors (Lipinski definition) is 1. The molecule has 0 saturated heterocycles. The van der Waals surface area contributed by atoms with Crippen LogP contribution < -0.4 is 5.32 Å². The molecule has 0 aliphatic heterocycles. The van der Waals surface area contributed by atoms with E-state index in [0.29, 0.717) is 11.5 Å². The molecule has 1 nitrogen and oxygen atoms in total. The van der Waals surface area contributed by atoms with E-state index >= 15 is 0 Å². The molecule has 1 rings (SSSR count). The van der Waals surface area contributed by atoms with Crippen molar-refractivity contribution in [1.82, 2.24) is 5.32 Å². The number of nitrogens with one attached hydrogen (secondary N) is 1. The lowest BCUT2D eigenvalue weighted by Crippen LogP contribution is -2.34. The van der Waals surface area contributed by atoms with E-state index in [1.807, 2.05) is 0 Å². The van der Waals surface area contributed by atoms with E-state index in [0.717, 1.165) is 17.8 Å². The smallest absolute Gasteiger partial charge is 0.00389 e. The zero-order chi connectivity index (χ0) is 14.5. The van der Waals surface area contributed by atoms with Crippen molar-refractivity contribution in [3.05, 3.63) is 0 Å². The molecule has 1 heteroatoms. The molecule has 0 radical (unpaired) electrons. The van der Waals surface area contributed by atoms with Gasteiger partial charge in [-0.05, 0) is 75.2 Å². The van der Waals surface area contributed by atoms with Crippen molar-refractivity contribution in [2.45, 2.75) is 86.1 Å². The predicted molar refractivity (Wildman–Crippen MR) is 86.4 cm³/mol. The maximum absolute atomic E-state index is 3.76. The standard InChI is InChI=1S/C18H37N/c1-14(2)7-8-15(3)19-13-16-9-11-17(12-10-16)18(4,5)6/h14-17,19H,7-13H2,1-6H3. The molecule has 1 unspecified atom stereocenters. The van der Waals surface area contributed by atoms with Gasteiger partial charge in [0.2, 0.25) is 0 Å². The molecule has 1 aliphatic rings. The predicted octanol–water partition coefficient (Wildman–Crippen LogP) is 5.25. The normalized spacial score (nSPS) is 26.7. The largest absolute Gasteiger partial charge is 0.314 e. The van der Waals surface area contributed by atoms with Crippen LogP contribution in [0, 0.1) is 23.2 Å². The molecule has 1 saturated carbocycles. The summed E-state index contributed by atoms with van der Waals surface area (Å²) in [5.74, 6) is 2.72. The number of rotatable bonds is 6. The van der Waals surface area contributed by atoms with Gasteiger partial charge in [0.25, 0.3) is 0 Å². The van der Waals surface area contributed by atoms with Gasteiger partial charge < -0.3 is 5.32 Å². The van der Waals surface area contributed by atoms with E-state index in [4.69, 9.17) is 0 Å². The molecular formula is C18H37N. The third-order valence-electron chi connectivity index (χ3n) is 5.00. The van der Waals surface area contributed by atoms with Crippen LogP contribution in [0.15, 0.2) is 0 Å². The zero-order valence-electron chi connectivity index (χ0n) is 14.3. The van der Waals surface area contributed by atoms with Crippen molar-refractivity contribution < 1.29 is 0 Å². The second kappa shape index (κ2) is 7.67. The highest BCUT2D eigenvalue weighted by atomic mass is 14.9. The first-order chi connectivity index (χ1) is 8.79. The molecule has 1 atom stereocenters. The summed E-state index contributed by atoms with van der Waals surface area (Å²) >= 11 is 0. The van der Waals surface area contributed by atoms with Gasteiger partial charge in [-0.1, -0.05) is 34.6 Å². The van der Waals surface area contributed by atoms with Crippen LogP contribution in [0.5, 0.6) is 0 Å². The highest BCUT2D eigenvalue weighted by Gasteiger charge is 2.29. The minimum absolute atomic E-state index is 0.517. The molecule has 0 aromatic heterocycles. The van der Waals surface area contributed by atoms with E-state index in [1.165, 1.54) is 45.1 Å². The van der Waals surface area contributed by atoms with Crippen LogP contribution >= 0.6 is 0 Å². The molecule has 19 heavy (non-hydrogen) atoms. The Labute approximate surface area is 121 Å². The van der Waals surface area contributed by atoms with Crippen LogP contribution in [0.2, 0.25) is 0 Å². The van der Waals surface area contributed by atoms with Gasteiger partial charge in [-0.2, -0.15) is 0 Å². The average Bonchev–Trinajstić information content (AvgIpc) is 2.33. The number of hydrogen-bond donors (Lipinski definition) is 1. The SMILES string of the molecule is CC(C)CCC(C)NCC1CCC(C(C)(C)C)CC1. The lowest BCUT2D eigenvalue weighted by Gasteiger charge is -2.37. The Balaban J connectivity index is 2.16. The first-order valence-corrected chi connectivity index (χ1v) is 8.52. The van der Waals surface area contributed by atoms with Crippen LogP contribution in [-0.2, 0) is 0 Å². The fourth-order valence-corrected chi connectivity index (χ4v) is 3.29. The van der Waals surface area contributed by atoms with Crippen molar-refractivity contribution in [2.75, 3.05) is 6.54 Å². The molecule has 1 fully saturated rings. The van der Waals surface area contributed by atoms with Gasteiger partial charge in [0, 0.05) is 6.04 Å².